The van der Waals surface area contributed by atoms with E-state index >= 15 is 0 Å². The van der Waals surface area contributed by atoms with Gasteiger partial charge in [-0.3, -0.25) is 0 Å². The molecule has 0 aromatic carbocycles. The topological polar surface area (TPSA) is 24.9 Å². The van der Waals surface area contributed by atoms with Crippen molar-refractivity contribution in [3.05, 3.63) is 34.7 Å². The van der Waals surface area contributed by atoms with Gasteiger partial charge < -0.3 is 5.32 Å². The minimum absolute atomic E-state index is 0.256. The summed E-state index contributed by atoms with van der Waals surface area (Å²) in [5.41, 5.74) is 0.934. The molecule has 0 fully saturated rings. The van der Waals surface area contributed by atoms with Gasteiger partial charge in [-0.1, -0.05) is 12.2 Å². The highest BCUT2D eigenvalue weighted by molar-refractivity contribution is 9.10. The lowest BCUT2D eigenvalue weighted by Crippen LogP contribution is -2.05. The second-order valence-electron chi connectivity index (χ2n) is 2.79. The molecular weight excluding hydrogens is 235 g/mol. The number of nitrogens with one attached hydrogen (secondary N) is 1. The second kappa shape index (κ2) is 4.37. The fraction of sp³-hybridized carbons (Fsp3) is 0.222. The van der Waals surface area contributed by atoms with Crippen LogP contribution in [0.4, 0.5) is 10.2 Å². The Hall–Kier alpha value is -0.900. The molecule has 1 aromatic rings. The maximum atomic E-state index is 13.1. The number of anilines is 1. The number of halogens is 2. The van der Waals surface area contributed by atoms with Crippen molar-refractivity contribution >= 4 is 21.7 Å². The van der Waals surface area contributed by atoms with E-state index < -0.39 is 0 Å². The molecule has 1 N–H and O–H groups in total. The number of hydrogen-bond donors (Lipinski definition) is 1. The molecule has 0 unspecified atom stereocenters. The van der Waals surface area contributed by atoms with Crippen molar-refractivity contribution in [1.82, 2.24) is 4.98 Å². The molecule has 70 valence electrons. The predicted octanol–water partition coefficient (Wildman–Crippen LogP) is 2.97. The van der Waals surface area contributed by atoms with Crippen LogP contribution in [0, 0.1) is 5.82 Å². The highest BCUT2D eigenvalue weighted by atomic mass is 79.9. The number of aromatic nitrogens is 1. The van der Waals surface area contributed by atoms with E-state index in [-0.39, 0.29) is 11.6 Å². The molecule has 0 radical (unpaired) electrons. The van der Waals surface area contributed by atoms with Crippen molar-refractivity contribution in [2.75, 3.05) is 11.9 Å². The Morgan fingerprint density at radius 1 is 1.77 bits per heavy atom. The summed E-state index contributed by atoms with van der Waals surface area (Å²) < 4.78 is 13.7. The van der Waals surface area contributed by atoms with Gasteiger partial charge in [-0.25, -0.2) is 9.37 Å². The quantitative estimate of drug-likeness (QED) is 0.828. The highest BCUT2D eigenvalue weighted by Gasteiger charge is 2.02. The Morgan fingerprint density at radius 2 is 2.46 bits per heavy atom. The lowest BCUT2D eigenvalue weighted by molar-refractivity contribution is 0.624. The number of nitrogens with zero attached hydrogens (tertiary/aromatic N) is 1. The molecule has 0 aliphatic rings. The summed E-state index contributed by atoms with van der Waals surface area (Å²) >= 11 is 3.13. The summed E-state index contributed by atoms with van der Waals surface area (Å²) in [6.07, 6.45) is 1.55. The van der Waals surface area contributed by atoms with Gasteiger partial charge in [-0.15, -0.1) is 0 Å². The van der Waals surface area contributed by atoms with Crippen LogP contribution in [-0.4, -0.2) is 11.5 Å². The van der Waals surface area contributed by atoms with Crippen LogP contribution in [-0.2, 0) is 0 Å². The molecule has 1 heterocycles. The number of pyridine rings is 1. The summed E-state index contributed by atoms with van der Waals surface area (Å²) in [5, 5.41) is 2.83. The van der Waals surface area contributed by atoms with Crippen LogP contribution in [0.2, 0.25) is 0 Å². The van der Waals surface area contributed by atoms with E-state index in [9.17, 15) is 4.39 Å². The zero-order chi connectivity index (χ0) is 9.84. The molecule has 1 aromatic heterocycles. The van der Waals surface area contributed by atoms with E-state index in [4.69, 9.17) is 0 Å². The van der Waals surface area contributed by atoms with Crippen LogP contribution in [0.5, 0.6) is 0 Å². The smallest absolute Gasteiger partial charge is 0.166 e. The van der Waals surface area contributed by atoms with Gasteiger partial charge in [0.05, 0.1) is 0 Å². The molecule has 0 aliphatic carbocycles. The molecule has 0 spiro atoms. The molecule has 0 amide bonds. The summed E-state index contributed by atoms with van der Waals surface area (Å²) in [6, 6.07) is 1.37. The van der Waals surface area contributed by atoms with Crippen LogP contribution in [0.15, 0.2) is 28.9 Å². The first kappa shape index (κ1) is 10.2. The van der Waals surface area contributed by atoms with E-state index in [2.05, 4.69) is 32.8 Å². The van der Waals surface area contributed by atoms with E-state index in [1.54, 1.807) is 6.20 Å². The van der Waals surface area contributed by atoms with Crippen LogP contribution < -0.4 is 5.32 Å². The lowest BCUT2D eigenvalue weighted by Gasteiger charge is -2.05. The van der Waals surface area contributed by atoms with Crippen LogP contribution in [0.3, 0.4) is 0 Å². The maximum Gasteiger partial charge on any atom is 0.166 e. The van der Waals surface area contributed by atoms with Gasteiger partial charge in [0.2, 0.25) is 0 Å². The van der Waals surface area contributed by atoms with Gasteiger partial charge in [0.1, 0.15) is 0 Å². The van der Waals surface area contributed by atoms with E-state index in [1.165, 1.54) is 6.07 Å². The molecule has 4 heteroatoms. The van der Waals surface area contributed by atoms with E-state index in [0.717, 1.165) is 5.57 Å². The van der Waals surface area contributed by atoms with Crippen molar-refractivity contribution in [1.29, 1.82) is 0 Å². The number of rotatable bonds is 3. The second-order valence-corrected chi connectivity index (χ2v) is 3.71. The van der Waals surface area contributed by atoms with Gasteiger partial charge in [0.25, 0.3) is 0 Å². The Balaban J connectivity index is 2.72. The van der Waals surface area contributed by atoms with Gasteiger partial charge in [-0.05, 0) is 28.9 Å². The SMILES string of the molecule is C=C(C)CNc1ncc(Br)cc1F. The third-order valence-corrected chi connectivity index (χ3v) is 1.80. The first-order chi connectivity index (χ1) is 6.09. The first-order valence-corrected chi connectivity index (χ1v) is 4.58. The molecule has 0 bridgehead atoms. The highest BCUT2D eigenvalue weighted by Crippen LogP contribution is 2.15. The Kier molecular flexibility index (Phi) is 3.42. The monoisotopic (exact) mass is 244 g/mol. The standard InChI is InChI=1S/C9H10BrFN2/c1-6(2)4-12-9-8(11)3-7(10)5-13-9/h3,5H,1,4H2,2H3,(H,12,13). The van der Waals surface area contributed by atoms with Gasteiger partial charge in [-0.2, -0.15) is 0 Å². The lowest BCUT2D eigenvalue weighted by atomic mass is 10.3. The van der Waals surface area contributed by atoms with Crippen LogP contribution in [0.25, 0.3) is 0 Å². The fourth-order valence-electron chi connectivity index (χ4n) is 0.779. The van der Waals surface area contributed by atoms with Gasteiger partial charge >= 0.3 is 0 Å². The van der Waals surface area contributed by atoms with Crippen molar-refractivity contribution in [2.45, 2.75) is 6.92 Å². The zero-order valence-corrected chi connectivity index (χ0v) is 8.86. The van der Waals surface area contributed by atoms with Crippen molar-refractivity contribution in [2.24, 2.45) is 0 Å². The first-order valence-electron chi connectivity index (χ1n) is 3.79. The van der Waals surface area contributed by atoms with Crippen LogP contribution >= 0.6 is 15.9 Å². The Bertz CT molecular complexity index is 325. The predicted molar refractivity (Wildman–Crippen MR) is 55.2 cm³/mol. The van der Waals surface area contributed by atoms with Crippen molar-refractivity contribution < 1.29 is 4.39 Å². The summed E-state index contributed by atoms with van der Waals surface area (Å²) in [7, 11) is 0. The Morgan fingerprint density at radius 3 is 3.00 bits per heavy atom. The molecule has 1 rings (SSSR count). The van der Waals surface area contributed by atoms with Crippen molar-refractivity contribution in [3.63, 3.8) is 0 Å². The van der Waals surface area contributed by atoms with Crippen molar-refractivity contribution in [3.8, 4) is 0 Å². The van der Waals surface area contributed by atoms with E-state index in [1.807, 2.05) is 6.92 Å². The molecule has 0 atom stereocenters. The molecule has 0 aliphatic heterocycles. The summed E-state index contributed by atoms with van der Waals surface area (Å²) in [4.78, 5) is 3.88. The van der Waals surface area contributed by atoms with Gasteiger partial charge in [0, 0.05) is 17.2 Å². The summed E-state index contributed by atoms with van der Waals surface area (Å²) in [5.74, 6) is -0.109. The maximum absolute atomic E-state index is 13.1. The summed E-state index contributed by atoms with van der Waals surface area (Å²) in [6.45, 7) is 6.09. The third kappa shape index (κ3) is 3.14. The average Bonchev–Trinajstić information content (AvgIpc) is 2.02. The average molecular weight is 245 g/mol. The molecule has 2 nitrogen and oxygen atoms in total. The fourth-order valence-corrected chi connectivity index (χ4v) is 1.08. The normalized spacial score (nSPS) is 9.77. The molecule has 0 saturated heterocycles. The Labute approximate surface area is 85.0 Å². The largest absolute Gasteiger partial charge is 0.364 e. The third-order valence-electron chi connectivity index (χ3n) is 1.37. The molecule has 0 saturated carbocycles. The van der Waals surface area contributed by atoms with Crippen LogP contribution in [0.1, 0.15) is 6.92 Å². The minimum atomic E-state index is -0.365. The van der Waals surface area contributed by atoms with E-state index in [0.29, 0.717) is 11.0 Å². The molecule has 13 heavy (non-hydrogen) atoms. The zero-order valence-electron chi connectivity index (χ0n) is 7.27. The minimum Gasteiger partial charge on any atom is -0.364 e. The van der Waals surface area contributed by atoms with Gasteiger partial charge in [0.15, 0.2) is 11.6 Å². The number of hydrogen-bond acceptors (Lipinski definition) is 2. The molecular formula is C9H10BrFN2.